The van der Waals surface area contributed by atoms with Gasteiger partial charge in [0.1, 0.15) is 5.84 Å². The molecule has 1 unspecified atom stereocenters. The molecule has 5 nitrogen and oxygen atoms in total. The van der Waals surface area contributed by atoms with Gasteiger partial charge < -0.3 is 10.0 Å². The van der Waals surface area contributed by atoms with Crippen LogP contribution in [0.5, 0.6) is 0 Å². The summed E-state index contributed by atoms with van der Waals surface area (Å²) in [4.78, 5) is 30.5. The van der Waals surface area contributed by atoms with Crippen LogP contribution in [-0.4, -0.2) is 40.7 Å². The molecular formula is C23H21ClN2O3. The number of amidine groups is 1. The fourth-order valence-electron chi connectivity index (χ4n) is 3.44. The fraction of sp³-hybridized carbons (Fsp3) is 0.174. The summed E-state index contributed by atoms with van der Waals surface area (Å²) in [6.45, 7) is 3.17. The first-order valence-corrected chi connectivity index (χ1v) is 9.17. The second-order valence-corrected chi connectivity index (χ2v) is 7.08. The Morgan fingerprint density at radius 1 is 1.00 bits per heavy atom. The highest BCUT2D eigenvalue weighted by Gasteiger charge is 2.27. The number of halogens is 1. The summed E-state index contributed by atoms with van der Waals surface area (Å²) in [5, 5.41) is 9.00. The predicted octanol–water partition coefficient (Wildman–Crippen LogP) is 4.46. The van der Waals surface area contributed by atoms with Crippen molar-refractivity contribution in [3.63, 3.8) is 0 Å². The molecule has 0 spiro atoms. The molecule has 2 aromatic carbocycles. The van der Waals surface area contributed by atoms with Gasteiger partial charge >= 0.3 is 5.97 Å². The maximum atomic E-state index is 12.9. The molecular weight excluding hydrogens is 388 g/mol. The average Bonchev–Trinajstić information content (AvgIpc) is 2.73. The van der Waals surface area contributed by atoms with Gasteiger partial charge in [0.05, 0.1) is 18.0 Å². The molecule has 0 radical (unpaired) electrons. The van der Waals surface area contributed by atoms with Crippen LogP contribution in [-0.2, 0) is 0 Å². The molecule has 0 aliphatic carbocycles. The molecule has 2 aliphatic heterocycles. The van der Waals surface area contributed by atoms with Gasteiger partial charge in [-0.3, -0.25) is 9.79 Å². The topological polar surface area (TPSA) is 70.0 Å². The van der Waals surface area contributed by atoms with E-state index in [2.05, 4.69) is 4.99 Å². The van der Waals surface area contributed by atoms with Gasteiger partial charge in [-0.15, -0.1) is 12.4 Å². The highest BCUT2D eigenvalue weighted by Crippen LogP contribution is 2.23. The monoisotopic (exact) mass is 408 g/mol. The van der Waals surface area contributed by atoms with Crippen LogP contribution < -0.4 is 0 Å². The Kier molecular flexibility index (Phi) is 5.99. The van der Waals surface area contributed by atoms with Crippen molar-refractivity contribution in [2.75, 3.05) is 13.1 Å². The fourth-order valence-corrected chi connectivity index (χ4v) is 3.44. The minimum absolute atomic E-state index is 0. The normalized spacial score (nSPS) is 17.6. The van der Waals surface area contributed by atoms with Gasteiger partial charge in [0, 0.05) is 18.3 Å². The van der Waals surface area contributed by atoms with E-state index in [4.69, 9.17) is 5.11 Å². The molecule has 1 atom stereocenters. The molecule has 0 bridgehead atoms. The Balaban J connectivity index is 0.00000240. The third-order valence-corrected chi connectivity index (χ3v) is 5.06. The zero-order chi connectivity index (χ0) is 19.7. The number of nitrogens with zero attached hydrogens (tertiary/aromatic N) is 2. The molecule has 1 N–H and O–H groups in total. The Labute approximate surface area is 175 Å². The third kappa shape index (κ3) is 4.30. The highest BCUT2D eigenvalue weighted by molar-refractivity contribution is 6.01. The van der Waals surface area contributed by atoms with Gasteiger partial charge in [-0.2, -0.15) is 0 Å². The van der Waals surface area contributed by atoms with Crippen molar-refractivity contribution >= 4 is 30.0 Å². The lowest BCUT2D eigenvalue weighted by molar-refractivity contribution is 0.0696. The van der Waals surface area contributed by atoms with E-state index in [1.165, 1.54) is 0 Å². The number of hydrogen-bond acceptors (Lipinski definition) is 4. The maximum Gasteiger partial charge on any atom is 0.335 e. The van der Waals surface area contributed by atoms with E-state index in [9.17, 15) is 9.59 Å². The van der Waals surface area contributed by atoms with Crippen LogP contribution in [0.2, 0.25) is 0 Å². The summed E-state index contributed by atoms with van der Waals surface area (Å²) < 4.78 is 0. The number of ketones is 1. The molecule has 2 heterocycles. The van der Waals surface area contributed by atoms with E-state index in [1.807, 2.05) is 54.4 Å². The van der Waals surface area contributed by atoms with Gasteiger partial charge in [-0.25, -0.2) is 4.79 Å². The minimum Gasteiger partial charge on any atom is -0.478 e. The Morgan fingerprint density at radius 2 is 1.59 bits per heavy atom. The first-order chi connectivity index (χ1) is 13.5. The third-order valence-electron chi connectivity index (χ3n) is 5.06. The highest BCUT2D eigenvalue weighted by atomic mass is 35.5. The number of carbonyl (C=O) groups is 2. The lowest BCUT2D eigenvalue weighted by Gasteiger charge is -2.31. The largest absolute Gasteiger partial charge is 0.478 e. The van der Waals surface area contributed by atoms with Gasteiger partial charge in [-0.05, 0) is 47.9 Å². The van der Waals surface area contributed by atoms with Gasteiger partial charge in [0.15, 0.2) is 5.78 Å². The van der Waals surface area contributed by atoms with Gasteiger partial charge in [0.25, 0.3) is 0 Å². The summed E-state index contributed by atoms with van der Waals surface area (Å²) >= 11 is 0. The van der Waals surface area contributed by atoms with Crippen LogP contribution in [0.25, 0.3) is 11.1 Å². The van der Waals surface area contributed by atoms with Crippen LogP contribution in [0, 0.1) is 5.92 Å². The van der Waals surface area contributed by atoms with E-state index in [0.717, 1.165) is 22.5 Å². The number of aliphatic imine (C=N–C) groups is 1. The standard InChI is InChI=1S/C23H20N2O3.ClH/c1-15-10-11-25-14-20(13-24-21(25)12-15)22(26)18-6-2-16(3-7-18)17-4-8-19(9-5-17)23(27)28;/h2-12,20H,13-14H2,1H3,(H,27,28);1H. The Morgan fingerprint density at radius 3 is 2.17 bits per heavy atom. The van der Waals surface area contributed by atoms with Crippen molar-refractivity contribution in [1.29, 1.82) is 0 Å². The number of carboxylic acid groups (broad SMARTS) is 1. The maximum absolute atomic E-state index is 12.9. The minimum atomic E-state index is -0.944. The number of carbonyl (C=O) groups excluding carboxylic acids is 1. The molecule has 2 aromatic rings. The van der Waals surface area contributed by atoms with Crippen molar-refractivity contribution < 1.29 is 14.7 Å². The lowest BCUT2D eigenvalue weighted by Crippen LogP contribution is -2.40. The smallest absolute Gasteiger partial charge is 0.335 e. The summed E-state index contributed by atoms with van der Waals surface area (Å²) in [6, 6.07) is 14.2. The van der Waals surface area contributed by atoms with E-state index in [0.29, 0.717) is 18.7 Å². The number of hydrogen-bond donors (Lipinski definition) is 1. The quantitative estimate of drug-likeness (QED) is 0.758. The van der Waals surface area contributed by atoms with E-state index in [1.54, 1.807) is 24.3 Å². The molecule has 0 amide bonds. The average molecular weight is 409 g/mol. The zero-order valence-corrected chi connectivity index (χ0v) is 16.7. The second kappa shape index (κ2) is 8.45. The molecule has 0 aromatic heterocycles. The molecule has 4 rings (SSSR count). The summed E-state index contributed by atoms with van der Waals surface area (Å²) in [7, 11) is 0. The summed E-state index contributed by atoms with van der Waals surface area (Å²) in [5.74, 6) is -0.0969. The molecule has 0 saturated heterocycles. The van der Waals surface area contributed by atoms with E-state index >= 15 is 0 Å². The van der Waals surface area contributed by atoms with Crippen LogP contribution in [0.3, 0.4) is 0 Å². The number of Topliss-reactive ketones (excluding diaryl/α,β-unsaturated/α-hetero) is 1. The van der Waals surface area contributed by atoms with Crippen molar-refractivity contribution in [3.05, 3.63) is 83.6 Å². The molecule has 6 heteroatoms. The van der Waals surface area contributed by atoms with Crippen molar-refractivity contribution in [2.45, 2.75) is 6.92 Å². The van der Waals surface area contributed by atoms with Crippen LogP contribution in [0.4, 0.5) is 0 Å². The van der Waals surface area contributed by atoms with Crippen molar-refractivity contribution in [1.82, 2.24) is 4.90 Å². The van der Waals surface area contributed by atoms with Crippen LogP contribution in [0.15, 0.2) is 77.4 Å². The molecule has 0 fully saturated rings. The lowest BCUT2D eigenvalue weighted by atomic mass is 9.93. The zero-order valence-electron chi connectivity index (χ0n) is 15.9. The Hall–Kier alpha value is -3.18. The summed E-state index contributed by atoms with van der Waals surface area (Å²) in [6.07, 6.45) is 6.04. The number of benzene rings is 2. The number of aromatic carboxylic acids is 1. The van der Waals surface area contributed by atoms with Crippen molar-refractivity contribution in [3.8, 4) is 11.1 Å². The molecule has 0 saturated carbocycles. The number of carboxylic acids is 1. The van der Waals surface area contributed by atoms with Crippen LogP contribution in [0.1, 0.15) is 27.6 Å². The van der Waals surface area contributed by atoms with Gasteiger partial charge in [-0.1, -0.05) is 36.4 Å². The summed E-state index contributed by atoms with van der Waals surface area (Å²) in [5.41, 5.74) is 3.94. The number of rotatable bonds is 4. The molecule has 148 valence electrons. The molecule has 29 heavy (non-hydrogen) atoms. The SMILES string of the molecule is CC1=CC2=NCC(C(=O)c3ccc(-c4ccc(C(=O)O)cc4)cc3)CN2C=C1.Cl. The first kappa shape index (κ1) is 20.6. The number of fused-ring (bicyclic) bond motifs is 1. The van der Waals surface area contributed by atoms with E-state index < -0.39 is 5.97 Å². The van der Waals surface area contributed by atoms with Gasteiger partial charge in [0.2, 0.25) is 0 Å². The number of allylic oxidation sites excluding steroid dienone is 2. The van der Waals surface area contributed by atoms with Crippen molar-refractivity contribution in [2.24, 2.45) is 10.9 Å². The molecule has 2 aliphatic rings. The first-order valence-electron chi connectivity index (χ1n) is 9.17. The predicted molar refractivity (Wildman–Crippen MR) is 116 cm³/mol. The second-order valence-electron chi connectivity index (χ2n) is 7.08. The Bertz CT molecular complexity index is 1020. The van der Waals surface area contributed by atoms with Crippen LogP contribution >= 0.6 is 12.4 Å². The van der Waals surface area contributed by atoms with E-state index in [-0.39, 0.29) is 29.7 Å².